The summed E-state index contributed by atoms with van der Waals surface area (Å²) in [6.07, 6.45) is -4.42. The maximum atomic E-state index is 13.2. The number of para-hydroxylation sites is 1. The largest absolute Gasteiger partial charge is 0.456 e. The lowest BCUT2D eigenvalue weighted by atomic mass is 10.0. The van der Waals surface area contributed by atoms with Crippen LogP contribution in [-0.2, 0) is 12.7 Å². The maximum absolute atomic E-state index is 13.2. The molecule has 1 heterocycles. The third kappa shape index (κ3) is 3.67. The number of rotatable bonds is 4. The van der Waals surface area contributed by atoms with Crippen molar-refractivity contribution in [2.75, 3.05) is 5.32 Å². The first-order chi connectivity index (χ1) is 13.0. The van der Waals surface area contributed by atoms with Crippen LogP contribution in [0.1, 0.15) is 11.1 Å². The van der Waals surface area contributed by atoms with Crippen LogP contribution in [0, 0.1) is 0 Å². The van der Waals surface area contributed by atoms with Crippen LogP contribution in [0.3, 0.4) is 0 Å². The van der Waals surface area contributed by atoms with E-state index in [1.807, 2.05) is 48.5 Å². The third-order valence-corrected chi connectivity index (χ3v) is 4.36. The van der Waals surface area contributed by atoms with E-state index < -0.39 is 11.7 Å². The fraction of sp³-hybridized carbons (Fsp3) is 0.0909. The van der Waals surface area contributed by atoms with Crippen LogP contribution in [0.4, 0.5) is 18.9 Å². The highest BCUT2D eigenvalue weighted by Crippen LogP contribution is 2.38. The molecule has 27 heavy (non-hydrogen) atoms. The van der Waals surface area contributed by atoms with Gasteiger partial charge in [0.15, 0.2) is 0 Å². The highest BCUT2D eigenvalue weighted by Gasteiger charge is 2.31. The van der Waals surface area contributed by atoms with E-state index in [4.69, 9.17) is 4.42 Å². The van der Waals surface area contributed by atoms with Crippen LogP contribution in [0.2, 0.25) is 0 Å². The number of fused-ring (bicyclic) bond motifs is 1. The number of anilines is 1. The van der Waals surface area contributed by atoms with Gasteiger partial charge in [0, 0.05) is 23.2 Å². The molecule has 4 aromatic rings. The van der Waals surface area contributed by atoms with Gasteiger partial charge in [0.25, 0.3) is 0 Å². The van der Waals surface area contributed by atoms with Gasteiger partial charge in [-0.1, -0.05) is 48.5 Å². The molecule has 1 N–H and O–H groups in total. The molecule has 136 valence electrons. The molecule has 5 heteroatoms. The molecule has 0 saturated heterocycles. The van der Waals surface area contributed by atoms with Crippen molar-refractivity contribution >= 4 is 16.7 Å². The second-order valence-electron chi connectivity index (χ2n) is 6.25. The molecule has 0 aliphatic heterocycles. The van der Waals surface area contributed by atoms with Gasteiger partial charge in [-0.15, -0.1) is 0 Å². The fourth-order valence-corrected chi connectivity index (χ4v) is 2.99. The van der Waals surface area contributed by atoms with E-state index in [9.17, 15) is 13.2 Å². The molecule has 3 aromatic carbocycles. The van der Waals surface area contributed by atoms with E-state index >= 15 is 0 Å². The molecule has 0 radical (unpaired) electrons. The monoisotopic (exact) mass is 367 g/mol. The molecule has 2 nitrogen and oxygen atoms in total. The molecule has 0 amide bonds. The van der Waals surface area contributed by atoms with E-state index in [2.05, 4.69) is 5.32 Å². The van der Waals surface area contributed by atoms with Crippen LogP contribution in [0.5, 0.6) is 0 Å². The summed E-state index contributed by atoms with van der Waals surface area (Å²) >= 11 is 0. The van der Waals surface area contributed by atoms with Gasteiger partial charge in [-0.25, -0.2) is 0 Å². The maximum Gasteiger partial charge on any atom is 0.416 e. The van der Waals surface area contributed by atoms with Crippen LogP contribution < -0.4 is 5.32 Å². The molecule has 0 unspecified atom stereocenters. The summed E-state index contributed by atoms with van der Waals surface area (Å²) in [6, 6.07) is 22.5. The smallest absolute Gasteiger partial charge is 0.416 e. The lowest BCUT2D eigenvalue weighted by Gasteiger charge is -2.14. The van der Waals surface area contributed by atoms with Gasteiger partial charge >= 0.3 is 6.18 Å². The van der Waals surface area contributed by atoms with E-state index in [1.165, 1.54) is 6.07 Å². The molecule has 0 aliphatic carbocycles. The zero-order valence-electron chi connectivity index (χ0n) is 14.3. The van der Waals surface area contributed by atoms with Crippen LogP contribution in [0.25, 0.3) is 22.3 Å². The van der Waals surface area contributed by atoms with Gasteiger partial charge in [0.2, 0.25) is 0 Å². The Morgan fingerprint density at radius 1 is 0.815 bits per heavy atom. The zero-order chi connectivity index (χ0) is 18.9. The zero-order valence-corrected chi connectivity index (χ0v) is 14.3. The van der Waals surface area contributed by atoms with Crippen molar-refractivity contribution < 1.29 is 17.6 Å². The molecule has 4 rings (SSSR count). The summed E-state index contributed by atoms with van der Waals surface area (Å²) in [5.41, 5.74) is 1.94. The van der Waals surface area contributed by atoms with Gasteiger partial charge in [0.05, 0.1) is 5.56 Å². The van der Waals surface area contributed by atoms with E-state index in [-0.39, 0.29) is 0 Å². The number of hydrogen-bond acceptors (Lipinski definition) is 2. The van der Waals surface area contributed by atoms with Crippen molar-refractivity contribution in [2.24, 2.45) is 0 Å². The topological polar surface area (TPSA) is 25.2 Å². The molecule has 0 aliphatic rings. The number of alkyl halides is 3. The first kappa shape index (κ1) is 17.2. The van der Waals surface area contributed by atoms with Crippen LogP contribution in [0.15, 0.2) is 83.3 Å². The second-order valence-corrected chi connectivity index (χ2v) is 6.25. The lowest BCUT2D eigenvalue weighted by molar-refractivity contribution is -0.137. The average molecular weight is 367 g/mol. The standard InChI is InChI=1S/C22H16F3NO/c23-22(24,25)17-10-11-19(26-14-15-6-2-1-3-7-15)18(13-17)21-12-16-8-4-5-9-20(16)27-21/h1-13,26H,14H2. The van der Waals surface area contributed by atoms with E-state index in [0.717, 1.165) is 23.1 Å². The molecule has 1 aromatic heterocycles. The van der Waals surface area contributed by atoms with Gasteiger partial charge in [-0.3, -0.25) is 0 Å². The number of hydrogen-bond donors (Lipinski definition) is 1. The van der Waals surface area contributed by atoms with Crippen LogP contribution in [-0.4, -0.2) is 0 Å². The predicted octanol–water partition coefficient (Wildman–Crippen LogP) is 6.73. The number of furan rings is 1. The van der Waals surface area contributed by atoms with Crippen molar-refractivity contribution in [3.8, 4) is 11.3 Å². The number of benzene rings is 3. The Bertz CT molecular complexity index is 1030. The minimum Gasteiger partial charge on any atom is -0.456 e. The summed E-state index contributed by atoms with van der Waals surface area (Å²) in [7, 11) is 0. The highest BCUT2D eigenvalue weighted by molar-refractivity contribution is 5.86. The van der Waals surface area contributed by atoms with Gasteiger partial charge in [0.1, 0.15) is 11.3 Å². The van der Waals surface area contributed by atoms with Gasteiger partial charge in [-0.2, -0.15) is 13.2 Å². The van der Waals surface area contributed by atoms with Crippen molar-refractivity contribution in [1.29, 1.82) is 0 Å². The molecule has 0 fully saturated rings. The predicted molar refractivity (Wildman–Crippen MR) is 100 cm³/mol. The van der Waals surface area contributed by atoms with E-state index in [0.29, 0.717) is 29.1 Å². The van der Waals surface area contributed by atoms with E-state index in [1.54, 1.807) is 12.1 Å². The summed E-state index contributed by atoms with van der Waals surface area (Å²) in [5.74, 6) is 0.401. The number of halogens is 3. The molecule has 0 atom stereocenters. The Hall–Kier alpha value is -3.21. The Labute approximate surface area is 154 Å². The van der Waals surface area contributed by atoms with Crippen molar-refractivity contribution in [1.82, 2.24) is 0 Å². The minimum absolute atomic E-state index is 0.386. The summed E-state index contributed by atoms with van der Waals surface area (Å²) in [5, 5.41) is 4.07. The number of nitrogens with one attached hydrogen (secondary N) is 1. The normalized spacial score (nSPS) is 11.7. The average Bonchev–Trinajstić information content (AvgIpc) is 3.10. The molecular formula is C22H16F3NO. The summed E-state index contributed by atoms with van der Waals surface area (Å²) in [6.45, 7) is 0.499. The first-order valence-electron chi connectivity index (χ1n) is 8.49. The van der Waals surface area contributed by atoms with Crippen molar-refractivity contribution in [3.05, 3.63) is 90.0 Å². The molecule has 0 saturated carbocycles. The quantitative estimate of drug-likeness (QED) is 0.432. The minimum atomic E-state index is -4.42. The first-order valence-corrected chi connectivity index (χ1v) is 8.49. The van der Waals surface area contributed by atoms with Crippen molar-refractivity contribution in [2.45, 2.75) is 12.7 Å². The molecule has 0 spiro atoms. The Kier molecular flexibility index (Phi) is 4.36. The second kappa shape index (κ2) is 6.83. The molecular weight excluding hydrogens is 351 g/mol. The SMILES string of the molecule is FC(F)(F)c1ccc(NCc2ccccc2)c(-c2cc3ccccc3o2)c1. The summed E-state index contributed by atoms with van der Waals surface area (Å²) < 4.78 is 45.5. The van der Waals surface area contributed by atoms with Gasteiger partial charge in [-0.05, 0) is 35.9 Å². The Morgan fingerprint density at radius 2 is 1.56 bits per heavy atom. The Morgan fingerprint density at radius 3 is 2.30 bits per heavy atom. The van der Waals surface area contributed by atoms with Crippen LogP contribution >= 0.6 is 0 Å². The van der Waals surface area contributed by atoms with Gasteiger partial charge < -0.3 is 9.73 Å². The lowest BCUT2D eigenvalue weighted by Crippen LogP contribution is -2.07. The third-order valence-electron chi connectivity index (χ3n) is 4.36. The highest BCUT2D eigenvalue weighted by atomic mass is 19.4. The molecule has 0 bridgehead atoms. The fourth-order valence-electron chi connectivity index (χ4n) is 2.99. The Balaban J connectivity index is 1.76. The van der Waals surface area contributed by atoms with Crippen molar-refractivity contribution in [3.63, 3.8) is 0 Å². The summed E-state index contributed by atoms with van der Waals surface area (Å²) in [4.78, 5) is 0.